The maximum Gasteiger partial charge on any atom is 0.291 e. The smallest absolute Gasteiger partial charge is 0.291 e. The fourth-order valence-corrected chi connectivity index (χ4v) is 4.54. The summed E-state index contributed by atoms with van der Waals surface area (Å²) >= 11 is 6.99. The third-order valence-corrected chi connectivity index (χ3v) is 6.01. The fraction of sp³-hybridized carbons (Fsp3) is 0.0500. The van der Waals surface area contributed by atoms with Crippen LogP contribution in [0.5, 0.6) is 0 Å². The van der Waals surface area contributed by atoms with Crippen LogP contribution in [0.4, 0.5) is 5.69 Å². The minimum Gasteiger partial charge on any atom is -0.368 e. The second-order valence-corrected chi connectivity index (χ2v) is 8.04. The lowest BCUT2D eigenvalue weighted by molar-refractivity contribution is -0.119. The van der Waals surface area contributed by atoms with E-state index in [0.717, 1.165) is 16.9 Å². The van der Waals surface area contributed by atoms with Crippen molar-refractivity contribution in [3.8, 4) is 11.4 Å². The maximum atomic E-state index is 13.1. The van der Waals surface area contributed by atoms with E-state index < -0.39 is 17.4 Å². The lowest BCUT2D eigenvalue weighted by atomic mass is 10.1. The third kappa shape index (κ3) is 2.78. The topological polar surface area (TPSA) is 111 Å². The fourth-order valence-electron chi connectivity index (χ4n) is 3.42. The van der Waals surface area contributed by atoms with Gasteiger partial charge in [0.2, 0.25) is 10.9 Å². The number of hydrogen-bond donors (Lipinski definition) is 1. The van der Waals surface area contributed by atoms with E-state index in [1.807, 2.05) is 0 Å². The summed E-state index contributed by atoms with van der Waals surface area (Å²) in [5.41, 5.74) is 6.91. The largest absolute Gasteiger partial charge is 0.368 e. The maximum absolute atomic E-state index is 13.1. The summed E-state index contributed by atoms with van der Waals surface area (Å²) in [4.78, 5) is 43.6. The minimum atomic E-state index is -0.642. The van der Waals surface area contributed by atoms with Gasteiger partial charge in [0.1, 0.15) is 11.1 Å². The van der Waals surface area contributed by atoms with Crippen LogP contribution in [0.1, 0.15) is 5.56 Å². The highest BCUT2D eigenvalue weighted by molar-refractivity contribution is 7.15. The molecule has 4 aromatic rings. The van der Waals surface area contributed by atoms with Gasteiger partial charge in [-0.05, 0) is 30.3 Å². The SMILES string of the molecule is NC(=O)CN1C(=O)C(=c2sc3nc(-c4ccc(Cl)cc4)nn3c2=O)c2ccccc21. The second kappa shape index (κ2) is 6.75. The molecule has 3 heterocycles. The van der Waals surface area contributed by atoms with Gasteiger partial charge < -0.3 is 5.73 Å². The van der Waals surface area contributed by atoms with Gasteiger partial charge >= 0.3 is 0 Å². The summed E-state index contributed by atoms with van der Waals surface area (Å²) in [5, 5.41) is 4.89. The standard InChI is InChI=1S/C20H12ClN5O3S/c21-11-7-5-10(6-8-11)17-23-20-26(24-17)19(29)16(30-20)15-12-3-1-2-4-13(12)25(18(15)28)9-14(22)27/h1-8H,9H2,(H2,22,27). The van der Waals surface area contributed by atoms with E-state index in [9.17, 15) is 14.4 Å². The van der Waals surface area contributed by atoms with Crippen molar-refractivity contribution in [1.82, 2.24) is 14.6 Å². The molecule has 0 spiro atoms. The van der Waals surface area contributed by atoms with Crippen LogP contribution in [0, 0.1) is 0 Å². The number of halogens is 1. The number of aromatic nitrogens is 3. The van der Waals surface area contributed by atoms with Crippen molar-refractivity contribution >= 4 is 51.0 Å². The minimum absolute atomic E-state index is 0.220. The molecule has 0 aliphatic carbocycles. The summed E-state index contributed by atoms with van der Waals surface area (Å²) in [6, 6.07) is 13.9. The zero-order valence-corrected chi connectivity index (χ0v) is 16.8. The number of benzene rings is 2. The molecule has 0 atom stereocenters. The summed E-state index contributed by atoms with van der Waals surface area (Å²) in [6.45, 7) is -0.269. The Morgan fingerprint density at radius 3 is 2.53 bits per heavy atom. The van der Waals surface area contributed by atoms with Crippen LogP contribution in [-0.2, 0) is 9.59 Å². The van der Waals surface area contributed by atoms with Crippen LogP contribution in [-0.4, -0.2) is 33.0 Å². The number of primary amides is 1. The Labute approximate surface area is 177 Å². The van der Waals surface area contributed by atoms with E-state index in [2.05, 4.69) is 10.1 Å². The molecular weight excluding hydrogens is 426 g/mol. The predicted octanol–water partition coefficient (Wildman–Crippen LogP) is 1.22. The van der Waals surface area contributed by atoms with Crippen molar-refractivity contribution in [2.45, 2.75) is 0 Å². The number of hydrogen-bond acceptors (Lipinski definition) is 6. The summed E-state index contributed by atoms with van der Waals surface area (Å²) in [5.74, 6) is -0.702. The van der Waals surface area contributed by atoms with E-state index in [1.165, 1.54) is 9.42 Å². The third-order valence-electron chi connectivity index (χ3n) is 4.72. The first kappa shape index (κ1) is 18.5. The number of thiazole rings is 1. The van der Waals surface area contributed by atoms with Gasteiger partial charge in [-0.2, -0.15) is 9.50 Å². The first-order chi connectivity index (χ1) is 14.4. The number of fused-ring (bicyclic) bond motifs is 2. The molecule has 2 aromatic heterocycles. The van der Waals surface area contributed by atoms with E-state index in [4.69, 9.17) is 17.3 Å². The van der Waals surface area contributed by atoms with Gasteiger partial charge in [0, 0.05) is 16.1 Å². The van der Waals surface area contributed by atoms with Crippen molar-refractivity contribution in [2.24, 2.45) is 5.73 Å². The van der Waals surface area contributed by atoms with Gasteiger partial charge in [-0.15, -0.1) is 5.10 Å². The molecule has 1 aliphatic heterocycles. The molecule has 0 unspecified atom stereocenters. The zero-order valence-electron chi connectivity index (χ0n) is 15.2. The number of carbonyl (C=O) groups excluding carboxylic acids is 2. The predicted molar refractivity (Wildman–Crippen MR) is 113 cm³/mol. The van der Waals surface area contributed by atoms with E-state index in [-0.39, 0.29) is 16.7 Å². The molecule has 2 N–H and O–H groups in total. The molecule has 2 aromatic carbocycles. The Morgan fingerprint density at radius 2 is 1.83 bits per heavy atom. The molecule has 8 nitrogen and oxygen atoms in total. The van der Waals surface area contributed by atoms with Crippen molar-refractivity contribution < 1.29 is 9.59 Å². The van der Waals surface area contributed by atoms with Gasteiger partial charge in [0.05, 0.1) is 11.3 Å². The Balaban J connectivity index is 1.70. The van der Waals surface area contributed by atoms with Crippen LogP contribution in [0.2, 0.25) is 5.02 Å². The quantitative estimate of drug-likeness (QED) is 0.518. The molecule has 148 valence electrons. The highest BCUT2D eigenvalue weighted by Crippen LogP contribution is 2.34. The number of anilines is 1. The molecule has 10 heteroatoms. The second-order valence-electron chi connectivity index (χ2n) is 6.62. The molecular formula is C20H12ClN5O3S. The number of amides is 2. The van der Waals surface area contributed by atoms with Crippen LogP contribution in [0.3, 0.4) is 0 Å². The monoisotopic (exact) mass is 437 g/mol. The van der Waals surface area contributed by atoms with Crippen molar-refractivity contribution in [3.63, 3.8) is 0 Å². The van der Waals surface area contributed by atoms with Gasteiger partial charge in [-0.3, -0.25) is 19.3 Å². The highest BCUT2D eigenvalue weighted by Gasteiger charge is 2.35. The molecule has 1 aliphatic rings. The van der Waals surface area contributed by atoms with Gasteiger partial charge in [-0.1, -0.05) is 41.1 Å². The lowest BCUT2D eigenvalue weighted by Crippen LogP contribution is -2.37. The average Bonchev–Trinajstić information content (AvgIpc) is 3.35. The van der Waals surface area contributed by atoms with Gasteiger partial charge in [-0.25, -0.2) is 0 Å². The molecule has 5 rings (SSSR count). The summed E-state index contributed by atoms with van der Waals surface area (Å²) in [6.07, 6.45) is 0. The number of carbonyl (C=O) groups is 2. The van der Waals surface area contributed by atoms with E-state index >= 15 is 0 Å². The Bertz CT molecular complexity index is 1460. The van der Waals surface area contributed by atoms with Gasteiger partial charge in [0.25, 0.3) is 11.5 Å². The number of nitrogens with zero attached hydrogens (tertiary/aromatic N) is 4. The number of para-hydroxylation sites is 1. The molecule has 0 fully saturated rings. The summed E-state index contributed by atoms with van der Waals surface area (Å²) < 4.78 is 1.40. The number of nitrogens with two attached hydrogens (primary N) is 1. The number of rotatable bonds is 3. The van der Waals surface area contributed by atoms with Crippen LogP contribution >= 0.6 is 22.9 Å². The van der Waals surface area contributed by atoms with E-state index in [0.29, 0.717) is 27.1 Å². The Morgan fingerprint density at radius 1 is 1.10 bits per heavy atom. The normalized spacial score (nSPS) is 15.1. The Kier molecular flexibility index (Phi) is 4.16. The zero-order chi connectivity index (χ0) is 21.0. The molecule has 0 saturated carbocycles. The van der Waals surface area contributed by atoms with Crippen molar-refractivity contribution in [3.05, 3.63) is 74.0 Å². The van der Waals surface area contributed by atoms with E-state index in [1.54, 1.807) is 48.5 Å². The van der Waals surface area contributed by atoms with Crippen LogP contribution in [0.25, 0.3) is 21.9 Å². The van der Waals surface area contributed by atoms with Crippen LogP contribution in [0.15, 0.2) is 53.3 Å². The highest BCUT2D eigenvalue weighted by atomic mass is 35.5. The van der Waals surface area contributed by atoms with Crippen molar-refractivity contribution in [2.75, 3.05) is 11.4 Å². The van der Waals surface area contributed by atoms with Crippen molar-refractivity contribution in [1.29, 1.82) is 0 Å². The first-order valence-corrected chi connectivity index (χ1v) is 10.0. The molecule has 30 heavy (non-hydrogen) atoms. The lowest BCUT2D eigenvalue weighted by Gasteiger charge is -2.14. The Hall–Kier alpha value is -3.56. The molecule has 2 amide bonds. The van der Waals surface area contributed by atoms with Gasteiger partial charge in [0.15, 0.2) is 5.82 Å². The molecule has 0 saturated heterocycles. The summed E-state index contributed by atoms with van der Waals surface area (Å²) in [7, 11) is 0. The molecule has 0 radical (unpaired) electrons. The average molecular weight is 438 g/mol. The molecule has 0 bridgehead atoms. The first-order valence-electron chi connectivity index (χ1n) is 8.83. The van der Waals surface area contributed by atoms with Crippen LogP contribution < -0.4 is 20.7 Å².